The van der Waals surface area contributed by atoms with E-state index in [-0.39, 0.29) is 24.7 Å². The van der Waals surface area contributed by atoms with Crippen molar-refractivity contribution in [3.05, 3.63) is 83.7 Å². The highest BCUT2D eigenvalue weighted by molar-refractivity contribution is 5.91. The van der Waals surface area contributed by atoms with E-state index in [0.29, 0.717) is 42.4 Å². The van der Waals surface area contributed by atoms with Gasteiger partial charge in [0.05, 0.1) is 12.3 Å². The number of carbonyl (C=O) groups excluding carboxylic acids is 1. The van der Waals surface area contributed by atoms with Crippen molar-refractivity contribution < 1.29 is 23.4 Å². The molecule has 0 fully saturated rings. The first-order valence-electron chi connectivity index (χ1n) is 10.5. The van der Waals surface area contributed by atoms with Gasteiger partial charge in [-0.25, -0.2) is 9.18 Å². The number of nitrogens with one attached hydrogen (secondary N) is 2. The average Bonchev–Trinajstić information content (AvgIpc) is 3.25. The largest absolute Gasteiger partial charge is 0.492 e. The minimum Gasteiger partial charge on any atom is -0.492 e. The maximum atomic E-state index is 13.3. The van der Waals surface area contributed by atoms with Gasteiger partial charge in [-0.3, -0.25) is 0 Å². The quantitative estimate of drug-likeness (QED) is 0.526. The van der Waals surface area contributed by atoms with Crippen molar-refractivity contribution in [3.8, 4) is 17.2 Å². The number of rotatable bonds is 8. The Labute approximate surface area is 186 Å². The number of urea groups is 1. The molecule has 2 N–H and O–H groups in total. The SMILES string of the molecule is CCOc1ccccc1NC(=O)N[C@@H](Cc1ccc(F)cc1)Cc1ccc2c(c1)OCO2. The van der Waals surface area contributed by atoms with Crippen molar-refractivity contribution >= 4 is 11.7 Å². The molecule has 1 aliphatic rings. The standard InChI is InChI=1S/C25H25FN2O4/c1-2-30-22-6-4-3-5-21(22)28-25(29)27-20(13-17-7-10-19(26)11-8-17)14-18-9-12-23-24(15-18)32-16-31-23/h3-12,15,20H,2,13-14,16H2,1H3,(H2,27,28,29)/t20-/m0/s1. The molecule has 0 saturated heterocycles. The molecule has 0 aromatic heterocycles. The zero-order valence-corrected chi connectivity index (χ0v) is 17.8. The van der Waals surface area contributed by atoms with Crippen molar-refractivity contribution in [2.45, 2.75) is 25.8 Å². The Hall–Kier alpha value is -3.74. The molecule has 7 heteroatoms. The van der Waals surface area contributed by atoms with Crippen molar-refractivity contribution in [1.82, 2.24) is 5.32 Å². The molecule has 0 radical (unpaired) electrons. The number of para-hydroxylation sites is 2. The second-order valence-electron chi connectivity index (χ2n) is 7.45. The molecule has 32 heavy (non-hydrogen) atoms. The summed E-state index contributed by atoms with van der Waals surface area (Å²) >= 11 is 0. The van der Waals surface area contributed by atoms with Crippen LogP contribution in [-0.4, -0.2) is 25.5 Å². The molecule has 1 aliphatic heterocycles. The number of ether oxygens (including phenoxy) is 3. The summed E-state index contributed by atoms with van der Waals surface area (Å²) in [6.07, 6.45) is 1.10. The van der Waals surface area contributed by atoms with Gasteiger partial charge in [0, 0.05) is 6.04 Å². The molecule has 4 rings (SSSR count). The van der Waals surface area contributed by atoms with Gasteiger partial charge in [0.25, 0.3) is 0 Å². The van der Waals surface area contributed by atoms with Crippen LogP contribution in [0, 0.1) is 5.82 Å². The number of carbonyl (C=O) groups is 1. The maximum absolute atomic E-state index is 13.3. The normalized spacial score (nSPS) is 12.8. The highest BCUT2D eigenvalue weighted by Gasteiger charge is 2.18. The lowest BCUT2D eigenvalue weighted by molar-refractivity contribution is 0.174. The Bertz CT molecular complexity index is 1070. The molecule has 0 spiro atoms. The number of anilines is 1. The number of halogens is 1. The number of benzene rings is 3. The summed E-state index contributed by atoms with van der Waals surface area (Å²) in [6, 6.07) is 18.7. The van der Waals surface area contributed by atoms with Crippen LogP contribution in [0.3, 0.4) is 0 Å². The molecule has 2 amide bonds. The van der Waals surface area contributed by atoms with Crippen LogP contribution >= 0.6 is 0 Å². The third-order valence-electron chi connectivity index (χ3n) is 5.08. The second-order valence-corrected chi connectivity index (χ2v) is 7.45. The van der Waals surface area contributed by atoms with E-state index >= 15 is 0 Å². The van der Waals surface area contributed by atoms with E-state index in [1.54, 1.807) is 18.2 Å². The summed E-state index contributed by atoms with van der Waals surface area (Å²) in [5.41, 5.74) is 2.51. The van der Waals surface area contributed by atoms with E-state index in [1.807, 2.05) is 43.3 Å². The number of amides is 2. The maximum Gasteiger partial charge on any atom is 0.319 e. The highest BCUT2D eigenvalue weighted by atomic mass is 19.1. The number of hydrogen-bond acceptors (Lipinski definition) is 4. The fourth-order valence-corrected chi connectivity index (χ4v) is 3.63. The summed E-state index contributed by atoms with van der Waals surface area (Å²) in [6.45, 7) is 2.59. The second kappa shape index (κ2) is 10.0. The van der Waals surface area contributed by atoms with Gasteiger partial charge in [0.15, 0.2) is 11.5 Å². The molecular weight excluding hydrogens is 411 g/mol. The van der Waals surface area contributed by atoms with Crippen molar-refractivity contribution in [1.29, 1.82) is 0 Å². The topological polar surface area (TPSA) is 68.8 Å². The van der Waals surface area contributed by atoms with Crippen LogP contribution in [0.15, 0.2) is 66.7 Å². The van der Waals surface area contributed by atoms with E-state index in [1.165, 1.54) is 12.1 Å². The van der Waals surface area contributed by atoms with Gasteiger partial charge in [-0.15, -0.1) is 0 Å². The molecule has 166 valence electrons. The zero-order chi connectivity index (χ0) is 22.3. The Kier molecular flexibility index (Phi) is 6.75. The lowest BCUT2D eigenvalue weighted by Gasteiger charge is -2.20. The minimum atomic E-state index is -0.343. The van der Waals surface area contributed by atoms with Gasteiger partial charge in [0.1, 0.15) is 11.6 Å². The van der Waals surface area contributed by atoms with Crippen LogP contribution in [0.25, 0.3) is 0 Å². The predicted molar refractivity (Wildman–Crippen MR) is 120 cm³/mol. The van der Waals surface area contributed by atoms with Crippen LogP contribution < -0.4 is 24.8 Å². The van der Waals surface area contributed by atoms with Gasteiger partial charge < -0.3 is 24.8 Å². The van der Waals surface area contributed by atoms with Crippen molar-refractivity contribution in [3.63, 3.8) is 0 Å². The molecule has 1 atom stereocenters. The summed E-state index contributed by atoms with van der Waals surface area (Å²) in [7, 11) is 0. The van der Waals surface area contributed by atoms with Crippen molar-refractivity contribution in [2.75, 3.05) is 18.7 Å². The molecule has 1 heterocycles. The zero-order valence-electron chi connectivity index (χ0n) is 17.8. The van der Waals surface area contributed by atoms with E-state index in [2.05, 4.69) is 10.6 Å². The number of hydrogen-bond donors (Lipinski definition) is 2. The Balaban J connectivity index is 1.49. The minimum absolute atomic E-state index is 0.206. The van der Waals surface area contributed by atoms with E-state index in [4.69, 9.17) is 14.2 Å². The number of fused-ring (bicyclic) bond motifs is 1. The van der Waals surface area contributed by atoms with Gasteiger partial charge in [-0.2, -0.15) is 0 Å². The summed E-state index contributed by atoms with van der Waals surface area (Å²) in [5, 5.41) is 5.91. The molecule has 0 unspecified atom stereocenters. The predicted octanol–water partition coefficient (Wildman–Crippen LogP) is 4.93. The first kappa shape index (κ1) is 21.5. The first-order chi connectivity index (χ1) is 15.6. The van der Waals surface area contributed by atoms with E-state index in [0.717, 1.165) is 11.1 Å². The smallest absolute Gasteiger partial charge is 0.319 e. The molecule has 0 saturated carbocycles. The third-order valence-corrected chi connectivity index (χ3v) is 5.08. The van der Waals surface area contributed by atoms with Gasteiger partial charge >= 0.3 is 6.03 Å². The van der Waals surface area contributed by atoms with Crippen LogP contribution in [0.2, 0.25) is 0 Å². The molecule has 6 nitrogen and oxygen atoms in total. The highest BCUT2D eigenvalue weighted by Crippen LogP contribution is 2.33. The summed E-state index contributed by atoms with van der Waals surface area (Å²) in [5.74, 6) is 1.72. The molecule has 0 bridgehead atoms. The Morgan fingerprint density at radius 2 is 1.72 bits per heavy atom. The van der Waals surface area contributed by atoms with Crippen LogP contribution in [-0.2, 0) is 12.8 Å². The van der Waals surface area contributed by atoms with Crippen LogP contribution in [0.1, 0.15) is 18.1 Å². The van der Waals surface area contributed by atoms with Crippen LogP contribution in [0.4, 0.5) is 14.9 Å². The van der Waals surface area contributed by atoms with E-state index in [9.17, 15) is 9.18 Å². The van der Waals surface area contributed by atoms with Crippen LogP contribution in [0.5, 0.6) is 17.2 Å². The molecule has 3 aromatic carbocycles. The van der Waals surface area contributed by atoms with Gasteiger partial charge in [-0.05, 0) is 67.3 Å². The molecular formula is C25H25FN2O4. The first-order valence-corrected chi connectivity index (χ1v) is 10.5. The Morgan fingerprint density at radius 3 is 2.53 bits per heavy atom. The fourth-order valence-electron chi connectivity index (χ4n) is 3.63. The summed E-state index contributed by atoms with van der Waals surface area (Å²) < 4.78 is 29.8. The molecule has 0 aliphatic carbocycles. The summed E-state index contributed by atoms with van der Waals surface area (Å²) in [4.78, 5) is 12.8. The monoisotopic (exact) mass is 436 g/mol. The van der Waals surface area contributed by atoms with Crippen molar-refractivity contribution in [2.24, 2.45) is 0 Å². The molecule has 3 aromatic rings. The fraction of sp³-hybridized carbons (Fsp3) is 0.240. The third kappa shape index (κ3) is 5.49. The Morgan fingerprint density at radius 1 is 1.00 bits per heavy atom. The average molecular weight is 436 g/mol. The van der Waals surface area contributed by atoms with Gasteiger partial charge in [0.2, 0.25) is 6.79 Å². The van der Waals surface area contributed by atoms with Gasteiger partial charge in [-0.1, -0.05) is 30.3 Å². The lowest BCUT2D eigenvalue weighted by Crippen LogP contribution is -2.40. The van der Waals surface area contributed by atoms with E-state index < -0.39 is 0 Å². The lowest BCUT2D eigenvalue weighted by atomic mass is 9.98.